The smallest absolute Gasteiger partial charge is 0.246 e. The molecule has 0 aliphatic carbocycles. The zero-order valence-corrected chi connectivity index (χ0v) is 20.6. The molecule has 1 amide bonds. The van der Waals surface area contributed by atoms with E-state index in [9.17, 15) is 22.7 Å². The Labute approximate surface area is 209 Å². The molecular formula is C24H28ClFN2O6S. The van der Waals surface area contributed by atoms with Crippen LogP contribution >= 0.6 is 11.6 Å². The first-order chi connectivity index (χ1) is 16.8. The number of aliphatic hydroxyl groups is 1. The topological polar surface area (TPSA) is 105 Å². The second-order valence-electron chi connectivity index (χ2n) is 8.71. The molecule has 2 saturated heterocycles. The molecule has 4 rings (SSSR count). The summed E-state index contributed by atoms with van der Waals surface area (Å²) in [5.74, 6) is -1.08. The minimum Gasteiger partial charge on any atom is -0.389 e. The summed E-state index contributed by atoms with van der Waals surface area (Å²) in [6.07, 6.45) is -1.29. The second kappa shape index (κ2) is 11.3. The number of carbonyl (C=O) groups excluding carboxylic acids is 1. The Morgan fingerprint density at radius 2 is 1.89 bits per heavy atom. The molecule has 8 nitrogen and oxygen atoms in total. The van der Waals surface area contributed by atoms with Crippen molar-refractivity contribution in [1.82, 2.24) is 9.62 Å². The molecule has 11 heteroatoms. The lowest BCUT2D eigenvalue weighted by Gasteiger charge is -2.43. The van der Waals surface area contributed by atoms with Gasteiger partial charge in [-0.25, -0.2) is 12.8 Å². The zero-order chi connectivity index (χ0) is 25.0. The maximum atomic E-state index is 14.4. The van der Waals surface area contributed by atoms with Crippen molar-refractivity contribution in [3.63, 3.8) is 0 Å². The maximum Gasteiger partial charge on any atom is 0.246 e. The number of rotatable bonds is 6. The second-order valence-corrected chi connectivity index (χ2v) is 11.0. The lowest BCUT2D eigenvalue weighted by molar-refractivity contribution is -0.146. The molecule has 0 spiro atoms. The van der Waals surface area contributed by atoms with Crippen LogP contribution in [0.15, 0.2) is 53.4 Å². The number of fused-ring (bicyclic) bond motifs is 1. The van der Waals surface area contributed by atoms with E-state index in [2.05, 4.69) is 5.32 Å². The van der Waals surface area contributed by atoms with E-state index in [1.54, 1.807) is 6.07 Å². The number of benzene rings is 2. The number of ether oxygens (including phenoxy) is 2. The molecule has 0 radical (unpaired) electrons. The van der Waals surface area contributed by atoms with Gasteiger partial charge in [-0.3, -0.25) is 4.79 Å². The molecule has 0 saturated carbocycles. The van der Waals surface area contributed by atoms with E-state index >= 15 is 0 Å². The number of hydrogen-bond donors (Lipinski definition) is 2. The van der Waals surface area contributed by atoms with Gasteiger partial charge < -0.3 is 19.9 Å². The van der Waals surface area contributed by atoms with Crippen LogP contribution in [0, 0.1) is 5.82 Å². The van der Waals surface area contributed by atoms with Gasteiger partial charge in [-0.2, -0.15) is 4.31 Å². The van der Waals surface area contributed by atoms with Gasteiger partial charge in [0.1, 0.15) is 10.7 Å². The summed E-state index contributed by atoms with van der Waals surface area (Å²) in [4.78, 5) is 12.1. The van der Waals surface area contributed by atoms with Crippen LogP contribution in [0.4, 0.5) is 4.39 Å². The predicted molar refractivity (Wildman–Crippen MR) is 127 cm³/mol. The fourth-order valence-electron chi connectivity index (χ4n) is 4.47. The molecule has 2 aromatic rings. The van der Waals surface area contributed by atoms with Crippen molar-refractivity contribution >= 4 is 27.5 Å². The van der Waals surface area contributed by atoms with Gasteiger partial charge in [-0.1, -0.05) is 41.9 Å². The highest BCUT2D eigenvalue weighted by atomic mass is 35.5. The van der Waals surface area contributed by atoms with Crippen molar-refractivity contribution in [1.29, 1.82) is 0 Å². The van der Waals surface area contributed by atoms with E-state index in [-0.39, 0.29) is 38.6 Å². The highest BCUT2D eigenvalue weighted by molar-refractivity contribution is 7.89. The summed E-state index contributed by atoms with van der Waals surface area (Å²) in [5.41, 5.74) is 0.799. The quantitative estimate of drug-likeness (QED) is 0.599. The van der Waals surface area contributed by atoms with Crippen molar-refractivity contribution in [2.75, 3.05) is 19.8 Å². The summed E-state index contributed by atoms with van der Waals surface area (Å²) in [6, 6.07) is 11.7. The Morgan fingerprint density at radius 1 is 1.14 bits per heavy atom. The van der Waals surface area contributed by atoms with Crippen LogP contribution in [0.1, 0.15) is 24.8 Å². The Kier molecular flexibility index (Phi) is 8.41. The highest BCUT2D eigenvalue weighted by Gasteiger charge is 2.43. The molecule has 2 fully saturated rings. The Balaban J connectivity index is 1.44. The van der Waals surface area contributed by atoms with Gasteiger partial charge in [-0.05, 0) is 36.6 Å². The number of aliphatic hydroxyl groups excluding tert-OH is 1. The third-order valence-corrected chi connectivity index (χ3v) is 8.50. The SMILES string of the molecule is O=C(C[C@H]1CC[C@H]2[C@@H](COC[C@@H](O)CN2S(=O)(=O)c2ccccc2F)O1)NCc1ccccc1Cl. The minimum absolute atomic E-state index is 0.0444. The summed E-state index contributed by atoms with van der Waals surface area (Å²) in [5, 5.41) is 13.7. The van der Waals surface area contributed by atoms with Gasteiger partial charge in [0, 0.05) is 18.1 Å². The number of carbonyl (C=O) groups is 1. The monoisotopic (exact) mass is 526 g/mol. The van der Waals surface area contributed by atoms with Crippen molar-refractivity contribution in [3.8, 4) is 0 Å². The van der Waals surface area contributed by atoms with Crippen molar-refractivity contribution in [2.24, 2.45) is 0 Å². The number of β-amino-alcohol motifs (C(OH)–C–C–N with tert-alkyl or cyclic N) is 1. The molecule has 4 atom stereocenters. The Hall–Kier alpha value is -2.08. The van der Waals surface area contributed by atoms with Crippen LogP contribution in [0.2, 0.25) is 5.02 Å². The van der Waals surface area contributed by atoms with Gasteiger partial charge in [0.05, 0.1) is 44.0 Å². The van der Waals surface area contributed by atoms with Crippen molar-refractivity contribution in [2.45, 2.75) is 55.1 Å². The molecule has 2 heterocycles. The zero-order valence-electron chi connectivity index (χ0n) is 19.0. The fraction of sp³-hybridized carbons (Fsp3) is 0.458. The van der Waals surface area contributed by atoms with Crippen molar-refractivity contribution < 1.29 is 32.2 Å². The molecule has 190 valence electrons. The van der Waals surface area contributed by atoms with Crippen LogP contribution < -0.4 is 5.32 Å². The Bertz CT molecular complexity index is 1150. The van der Waals surface area contributed by atoms with Crippen LogP contribution in [0.5, 0.6) is 0 Å². The van der Waals surface area contributed by atoms with Gasteiger partial charge in [-0.15, -0.1) is 0 Å². The predicted octanol–water partition coefficient (Wildman–Crippen LogP) is 2.48. The number of hydrogen-bond acceptors (Lipinski definition) is 6. The fourth-order valence-corrected chi connectivity index (χ4v) is 6.45. The Morgan fingerprint density at radius 3 is 2.66 bits per heavy atom. The molecule has 2 N–H and O–H groups in total. The van der Waals surface area contributed by atoms with Crippen LogP contribution in [0.25, 0.3) is 0 Å². The molecule has 2 aromatic carbocycles. The lowest BCUT2D eigenvalue weighted by atomic mass is 9.96. The number of amides is 1. The molecule has 0 unspecified atom stereocenters. The van der Waals surface area contributed by atoms with Gasteiger partial charge in [0.15, 0.2) is 0 Å². The molecule has 2 aliphatic rings. The molecular weight excluding hydrogens is 499 g/mol. The van der Waals surface area contributed by atoms with E-state index in [1.807, 2.05) is 18.2 Å². The first-order valence-corrected chi connectivity index (χ1v) is 13.2. The lowest BCUT2D eigenvalue weighted by Crippen LogP contribution is -2.57. The minimum atomic E-state index is -4.25. The standard InChI is InChI=1S/C24H28ClFN2O6S/c25-19-6-2-1-5-16(19)12-27-24(30)11-18-9-10-21-22(34-18)15-33-14-17(29)13-28(21)35(31,32)23-8-4-3-7-20(23)26/h1-8,17-18,21-22,29H,9-15H2,(H,27,30)/t17-,18+,21-,22+/m0/s1. The molecule has 0 aromatic heterocycles. The van der Waals surface area contributed by atoms with E-state index in [0.717, 1.165) is 15.9 Å². The van der Waals surface area contributed by atoms with Crippen molar-refractivity contribution in [3.05, 3.63) is 64.9 Å². The van der Waals surface area contributed by atoms with Crippen LogP contribution in [-0.2, 0) is 30.8 Å². The number of nitrogens with one attached hydrogen (secondary N) is 1. The third-order valence-electron chi connectivity index (χ3n) is 6.20. The van der Waals surface area contributed by atoms with E-state index in [4.69, 9.17) is 21.1 Å². The normalized spacial score (nSPS) is 25.8. The van der Waals surface area contributed by atoms with Gasteiger partial charge in [0.25, 0.3) is 0 Å². The van der Waals surface area contributed by atoms with Crippen LogP contribution in [0.3, 0.4) is 0 Å². The number of halogens is 2. The average Bonchev–Trinajstić information content (AvgIpc) is 2.81. The van der Waals surface area contributed by atoms with Gasteiger partial charge >= 0.3 is 0 Å². The highest BCUT2D eigenvalue weighted by Crippen LogP contribution is 2.32. The molecule has 0 bridgehead atoms. The summed E-state index contributed by atoms with van der Waals surface area (Å²) < 4.78 is 53.9. The van der Waals surface area contributed by atoms with E-state index in [0.29, 0.717) is 17.9 Å². The third kappa shape index (κ3) is 6.19. The first-order valence-electron chi connectivity index (χ1n) is 11.4. The summed E-state index contributed by atoms with van der Waals surface area (Å²) >= 11 is 6.13. The van der Waals surface area contributed by atoms with E-state index < -0.39 is 45.1 Å². The number of sulfonamides is 1. The van der Waals surface area contributed by atoms with E-state index in [1.165, 1.54) is 18.2 Å². The molecule has 2 aliphatic heterocycles. The number of nitrogens with zero attached hydrogens (tertiary/aromatic N) is 1. The first kappa shape index (κ1) is 26.0. The maximum absolute atomic E-state index is 14.4. The average molecular weight is 527 g/mol. The summed E-state index contributed by atoms with van der Waals surface area (Å²) in [7, 11) is -4.25. The molecule has 35 heavy (non-hydrogen) atoms. The van der Waals surface area contributed by atoms with Gasteiger partial charge in [0.2, 0.25) is 15.9 Å². The largest absolute Gasteiger partial charge is 0.389 e. The summed E-state index contributed by atoms with van der Waals surface area (Å²) in [6.45, 7) is -0.00125. The van der Waals surface area contributed by atoms with Crippen LogP contribution in [-0.4, -0.2) is 67.8 Å².